The highest BCUT2D eigenvalue weighted by atomic mass is 16.2. The van der Waals surface area contributed by atoms with Crippen molar-refractivity contribution in [2.75, 3.05) is 6.54 Å². The molecule has 3 nitrogen and oxygen atoms in total. The van der Waals surface area contributed by atoms with E-state index in [1.54, 1.807) is 0 Å². The van der Waals surface area contributed by atoms with E-state index >= 15 is 0 Å². The highest BCUT2D eigenvalue weighted by molar-refractivity contribution is 5.77. The van der Waals surface area contributed by atoms with Gasteiger partial charge in [-0.1, -0.05) is 60.7 Å². The topological polar surface area (TPSA) is 46.3 Å². The van der Waals surface area contributed by atoms with Gasteiger partial charge in [0.15, 0.2) is 0 Å². The molecule has 2 aromatic carbocycles. The summed E-state index contributed by atoms with van der Waals surface area (Å²) in [5.74, 6) is 0.707. The van der Waals surface area contributed by atoms with Crippen LogP contribution in [-0.2, 0) is 11.2 Å². The number of carbonyl (C=O) groups excluding carboxylic acids is 1. The van der Waals surface area contributed by atoms with Crippen LogP contribution in [-0.4, -0.2) is 23.4 Å². The van der Waals surface area contributed by atoms with Crippen LogP contribution in [0.2, 0.25) is 0 Å². The monoisotopic (exact) mass is 322 g/mol. The highest BCUT2D eigenvalue weighted by Crippen LogP contribution is 2.29. The average Bonchev–Trinajstić information content (AvgIpc) is 2.97. The normalized spacial score (nSPS) is 21.7. The molecule has 0 bridgehead atoms. The average molecular weight is 322 g/mol. The molecule has 0 aliphatic carbocycles. The van der Waals surface area contributed by atoms with Gasteiger partial charge in [0.05, 0.1) is 0 Å². The number of benzene rings is 2. The lowest BCUT2D eigenvalue weighted by Crippen LogP contribution is -2.37. The standard InChI is InChI=1S/C21H26N2O/c1-16-19(14-17-8-4-2-5-9-17)12-13-23(16)21(24)15-20(22)18-10-6-3-7-11-18/h2-11,16,19-20H,12-15,22H2,1H3. The smallest absolute Gasteiger partial charge is 0.224 e. The van der Waals surface area contributed by atoms with Crippen LogP contribution < -0.4 is 5.73 Å². The van der Waals surface area contributed by atoms with Crippen molar-refractivity contribution in [2.24, 2.45) is 11.7 Å². The number of hydrogen-bond donors (Lipinski definition) is 1. The molecule has 3 atom stereocenters. The Kier molecular flexibility index (Phi) is 5.31. The van der Waals surface area contributed by atoms with Gasteiger partial charge < -0.3 is 10.6 Å². The van der Waals surface area contributed by atoms with Crippen LogP contribution >= 0.6 is 0 Å². The first-order valence-corrected chi connectivity index (χ1v) is 8.79. The maximum Gasteiger partial charge on any atom is 0.224 e. The Hall–Kier alpha value is -2.13. The minimum atomic E-state index is -0.223. The zero-order valence-corrected chi connectivity index (χ0v) is 14.3. The molecule has 3 rings (SSSR count). The fourth-order valence-electron chi connectivity index (χ4n) is 3.67. The Morgan fingerprint density at radius 1 is 1.12 bits per heavy atom. The van der Waals surface area contributed by atoms with Crippen LogP contribution in [0, 0.1) is 5.92 Å². The van der Waals surface area contributed by atoms with E-state index in [2.05, 4.69) is 31.2 Å². The van der Waals surface area contributed by atoms with Gasteiger partial charge in [0.2, 0.25) is 5.91 Å². The van der Waals surface area contributed by atoms with Gasteiger partial charge in [0, 0.05) is 25.0 Å². The highest BCUT2D eigenvalue weighted by Gasteiger charge is 2.34. The van der Waals surface area contributed by atoms with E-state index in [-0.39, 0.29) is 18.0 Å². The van der Waals surface area contributed by atoms with Crippen LogP contribution in [0.5, 0.6) is 0 Å². The Balaban J connectivity index is 1.58. The third kappa shape index (κ3) is 3.85. The van der Waals surface area contributed by atoms with Crippen molar-refractivity contribution in [1.82, 2.24) is 4.90 Å². The van der Waals surface area contributed by atoms with Crippen molar-refractivity contribution >= 4 is 5.91 Å². The molecule has 0 radical (unpaired) electrons. The number of likely N-dealkylation sites (tertiary alicyclic amines) is 1. The van der Waals surface area contributed by atoms with E-state index in [1.807, 2.05) is 41.3 Å². The SMILES string of the molecule is CC1C(Cc2ccccc2)CCN1C(=O)CC(N)c1ccccc1. The maximum atomic E-state index is 12.7. The summed E-state index contributed by atoms with van der Waals surface area (Å²) < 4.78 is 0. The molecule has 2 N–H and O–H groups in total. The zero-order chi connectivity index (χ0) is 16.9. The summed E-state index contributed by atoms with van der Waals surface area (Å²) >= 11 is 0. The molecule has 0 aromatic heterocycles. The largest absolute Gasteiger partial charge is 0.340 e. The number of hydrogen-bond acceptors (Lipinski definition) is 2. The number of nitrogens with two attached hydrogens (primary N) is 1. The van der Waals surface area contributed by atoms with Gasteiger partial charge >= 0.3 is 0 Å². The molecule has 126 valence electrons. The fourth-order valence-corrected chi connectivity index (χ4v) is 3.67. The van der Waals surface area contributed by atoms with E-state index in [9.17, 15) is 4.79 Å². The summed E-state index contributed by atoms with van der Waals surface area (Å²) in [4.78, 5) is 14.7. The lowest BCUT2D eigenvalue weighted by molar-refractivity contribution is -0.132. The summed E-state index contributed by atoms with van der Waals surface area (Å²) in [5.41, 5.74) is 8.60. The lowest BCUT2D eigenvalue weighted by atomic mass is 9.93. The minimum absolute atomic E-state index is 0.175. The fraction of sp³-hybridized carbons (Fsp3) is 0.381. The Morgan fingerprint density at radius 2 is 1.75 bits per heavy atom. The predicted octanol–water partition coefficient (Wildman–Crippen LogP) is 3.56. The van der Waals surface area contributed by atoms with Crippen molar-refractivity contribution in [1.29, 1.82) is 0 Å². The molecule has 1 aliphatic heterocycles. The van der Waals surface area contributed by atoms with Gasteiger partial charge in [0.25, 0.3) is 0 Å². The lowest BCUT2D eigenvalue weighted by Gasteiger charge is -2.26. The number of nitrogens with zero attached hydrogens (tertiary/aromatic N) is 1. The maximum absolute atomic E-state index is 12.7. The van der Waals surface area contributed by atoms with E-state index in [0.717, 1.165) is 24.9 Å². The van der Waals surface area contributed by atoms with E-state index in [0.29, 0.717) is 12.3 Å². The Bertz CT molecular complexity index is 656. The van der Waals surface area contributed by atoms with Crippen LogP contribution in [0.1, 0.15) is 36.9 Å². The van der Waals surface area contributed by atoms with E-state index in [4.69, 9.17) is 5.73 Å². The summed E-state index contributed by atoms with van der Waals surface area (Å²) in [5, 5.41) is 0. The molecule has 24 heavy (non-hydrogen) atoms. The minimum Gasteiger partial charge on any atom is -0.340 e. The van der Waals surface area contributed by atoms with Gasteiger partial charge in [-0.2, -0.15) is 0 Å². The van der Waals surface area contributed by atoms with Gasteiger partial charge in [-0.25, -0.2) is 0 Å². The second kappa shape index (κ2) is 7.63. The molecule has 0 saturated carbocycles. The van der Waals surface area contributed by atoms with Crippen LogP contribution in [0.3, 0.4) is 0 Å². The number of rotatable bonds is 5. The first-order chi connectivity index (χ1) is 11.6. The molecule has 1 fully saturated rings. The third-order valence-electron chi connectivity index (χ3n) is 5.20. The molecule has 3 unspecified atom stereocenters. The van der Waals surface area contributed by atoms with Crippen molar-refractivity contribution in [3.63, 3.8) is 0 Å². The predicted molar refractivity (Wildman–Crippen MR) is 97.4 cm³/mol. The Labute approximate surface area is 144 Å². The first-order valence-electron chi connectivity index (χ1n) is 8.79. The molecular weight excluding hydrogens is 296 g/mol. The molecule has 1 amide bonds. The summed E-state index contributed by atoms with van der Waals surface area (Å²) in [7, 11) is 0. The molecule has 2 aromatic rings. The molecule has 1 aliphatic rings. The summed E-state index contributed by atoms with van der Waals surface area (Å²) in [6.45, 7) is 3.02. The molecule has 0 spiro atoms. The van der Waals surface area contributed by atoms with Gasteiger partial charge in [0.1, 0.15) is 0 Å². The van der Waals surface area contributed by atoms with Crippen molar-refractivity contribution in [3.05, 3.63) is 71.8 Å². The zero-order valence-electron chi connectivity index (χ0n) is 14.3. The van der Waals surface area contributed by atoms with Crippen LogP contribution in [0.25, 0.3) is 0 Å². The summed E-state index contributed by atoms with van der Waals surface area (Å²) in [6, 6.07) is 20.5. The number of carbonyl (C=O) groups is 1. The van der Waals surface area contributed by atoms with Gasteiger partial charge in [-0.3, -0.25) is 4.79 Å². The van der Waals surface area contributed by atoms with E-state index in [1.165, 1.54) is 5.56 Å². The van der Waals surface area contributed by atoms with Crippen LogP contribution in [0.15, 0.2) is 60.7 Å². The number of amides is 1. The quantitative estimate of drug-likeness (QED) is 0.915. The van der Waals surface area contributed by atoms with Gasteiger partial charge in [-0.15, -0.1) is 0 Å². The second-order valence-electron chi connectivity index (χ2n) is 6.79. The van der Waals surface area contributed by atoms with Crippen molar-refractivity contribution < 1.29 is 4.79 Å². The summed E-state index contributed by atoms with van der Waals surface area (Å²) in [6.07, 6.45) is 2.49. The molecule has 3 heteroatoms. The first kappa shape index (κ1) is 16.7. The Morgan fingerprint density at radius 3 is 2.42 bits per heavy atom. The third-order valence-corrected chi connectivity index (χ3v) is 5.20. The second-order valence-corrected chi connectivity index (χ2v) is 6.79. The van der Waals surface area contributed by atoms with Gasteiger partial charge in [-0.05, 0) is 36.8 Å². The van der Waals surface area contributed by atoms with E-state index < -0.39 is 0 Å². The molecular formula is C21H26N2O. The van der Waals surface area contributed by atoms with Crippen molar-refractivity contribution in [3.8, 4) is 0 Å². The molecule has 1 heterocycles. The van der Waals surface area contributed by atoms with Crippen molar-refractivity contribution in [2.45, 2.75) is 38.3 Å². The van der Waals surface area contributed by atoms with Crippen LogP contribution in [0.4, 0.5) is 0 Å². The molecule has 1 saturated heterocycles.